The first-order valence-corrected chi connectivity index (χ1v) is 7.20. The number of hydrogen-bond donors (Lipinski definition) is 2. The van der Waals surface area contributed by atoms with Gasteiger partial charge < -0.3 is 15.8 Å². The van der Waals surface area contributed by atoms with Crippen molar-refractivity contribution in [3.8, 4) is 0 Å². The molecule has 1 aliphatic heterocycles. The first-order chi connectivity index (χ1) is 10.6. The van der Waals surface area contributed by atoms with Crippen LogP contribution in [0.5, 0.6) is 0 Å². The van der Waals surface area contributed by atoms with Crippen LogP contribution in [0.2, 0.25) is 0 Å². The molecule has 1 fully saturated rings. The van der Waals surface area contributed by atoms with Gasteiger partial charge in [-0.1, -0.05) is 0 Å². The van der Waals surface area contributed by atoms with E-state index in [0.717, 1.165) is 39.3 Å². The Hall–Kier alpha value is -2.19. The Morgan fingerprint density at radius 3 is 2.77 bits per heavy atom. The minimum Gasteiger partial charge on any atom is -0.384 e. The van der Waals surface area contributed by atoms with Crippen LogP contribution < -0.4 is 11.1 Å². The van der Waals surface area contributed by atoms with Crippen molar-refractivity contribution in [2.45, 2.75) is 6.42 Å². The number of nitrogens with one attached hydrogen (secondary N) is 1. The van der Waals surface area contributed by atoms with Crippen LogP contribution in [-0.2, 0) is 4.74 Å². The molecule has 1 saturated heterocycles. The lowest BCUT2D eigenvalue weighted by Crippen LogP contribution is -2.37. The molecule has 22 heavy (non-hydrogen) atoms. The van der Waals surface area contributed by atoms with Gasteiger partial charge in [0.2, 0.25) is 0 Å². The van der Waals surface area contributed by atoms with E-state index in [1.165, 1.54) is 18.2 Å². The molecule has 8 nitrogen and oxygen atoms in total. The lowest BCUT2D eigenvalue weighted by Gasteiger charge is -2.26. The quantitative estimate of drug-likeness (QED) is 0.438. The number of benzene rings is 1. The number of carbonyl (C=O) groups is 1. The van der Waals surface area contributed by atoms with Gasteiger partial charge in [0, 0.05) is 37.5 Å². The van der Waals surface area contributed by atoms with E-state index >= 15 is 0 Å². The number of nitro benzene ring substituents is 1. The third kappa shape index (κ3) is 4.40. The molecule has 0 aromatic heterocycles. The van der Waals surface area contributed by atoms with Gasteiger partial charge in [0.25, 0.3) is 11.6 Å². The third-order valence-corrected chi connectivity index (χ3v) is 3.55. The van der Waals surface area contributed by atoms with Crippen molar-refractivity contribution in [2.75, 3.05) is 44.7 Å². The fourth-order valence-corrected chi connectivity index (χ4v) is 2.35. The Balaban J connectivity index is 1.88. The van der Waals surface area contributed by atoms with Gasteiger partial charge in [-0.3, -0.25) is 19.8 Å². The molecular weight excluding hydrogens is 288 g/mol. The molecule has 0 radical (unpaired) electrons. The van der Waals surface area contributed by atoms with E-state index in [1.54, 1.807) is 0 Å². The highest BCUT2D eigenvalue weighted by atomic mass is 16.6. The standard InChI is InChI=1S/C14H20N4O4/c15-14(19)12-10-11(18(20)21)2-3-13(12)16-4-1-5-17-6-8-22-9-7-17/h2-3,10,16H,1,4-9H2,(H2,15,19). The monoisotopic (exact) mass is 308 g/mol. The second-order valence-electron chi connectivity index (χ2n) is 5.09. The SMILES string of the molecule is NC(=O)c1cc([N+](=O)[O-])ccc1NCCCN1CCOCC1. The summed E-state index contributed by atoms with van der Waals surface area (Å²) in [6.07, 6.45) is 0.898. The van der Waals surface area contributed by atoms with Crippen LogP contribution in [0.15, 0.2) is 18.2 Å². The smallest absolute Gasteiger partial charge is 0.270 e. The third-order valence-electron chi connectivity index (χ3n) is 3.55. The largest absolute Gasteiger partial charge is 0.384 e. The van der Waals surface area contributed by atoms with Gasteiger partial charge in [-0.05, 0) is 19.0 Å². The van der Waals surface area contributed by atoms with E-state index in [-0.39, 0.29) is 11.3 Å². The zero-order valence-electron chi connectivity index (χ0n) is 12.3. The predicted molar refractivity (Wildman–Crippen MR) is 82.0 cm³/mol. The summed E-state index contributed by atoms with van der Waals surface area (Å²) in [5.41, 5.74) is 5.80. The van der Waals surface area contributed by atoms with Crippen LogP contribution in [0.3, 0.4) is 0 Å². The van der Waals surface area contributed by atoms with E-state index in [1.807, 2.05) is 0 Å². The molecule has 0 spiro atoms. The molecule has 120 valence electrons. The van der Waals surface area contributed by atoms with Crippen molar-refractivity contribution in [2.24, 2.45) is 5.73 Å². The van der Waals surface area contributed by atoms with Crippen LogP contribution in [0.1, 0.15) is 16.8 Å². The lowest BCUT2D eigenvalue weighted by molar-refractivity contribution is -0.384. The van der Waals surface area contributed by atoms with Gasteiger partial charge in [-0.15, -0.1) is 0 Å². The van der Waals surface area contributed by atoms with Crippen LogP contribution in [0.25, 0.3) is 0 Å². The minimum atomic E-state index is -0.681. The van der Waals surface area contributed by atoms with E-state index in [2.05, 4.69) is 10.2 Å². The van der Waals surface area contributed by atoms with Gasteiger partial charge in [-0.25, -0.2) is 0 Å². The number of amides is 1. The van der Waals surface area contributed by atoms with Crippen molar-refractivity contribution >= 4 is 17.3 Å². The summed E-state index contributed by atoms with van der Waals surface area (Å²) in [6.45, 7) is 5.00. The van der Waals surface area contributed by atoms with Crippen LogP contribution >= 0.6 is 0 Å². The zero-order chi connectivity index (χ0) is 15.9. The Morgan fingerprint density at radius 2 is 2.14 bits per heavy atom. The summed E-state index contributed by atoms with van der Waals surface area (Å²) in [7, 11) is 0. The Labute approximate surface area is 128 Å². The molecule has 8 heteroatoms. The van der Waals surface area contributed by atoms with E-state index < -0.39 is 10.8 Å². The number of nitrogens with zero attached hydrogens (tertiary/aromatic N) is 2. The first kappa shape index (κ1) is 16.2. The number of primary amides is 1. The summed E-state index contributed by atoms with van der Waals surface area (Å²) in [5, 5.41) is 13.9. The highest BCUT2D eigenvalue weighted by Gasteiger charge is 2.14. The molecule has 1 aromatic rings. The Morgan fingerprint density at radius 1 is 1.41 bits per heavy atom. The van der Waals surface area contributed by atoms with Gasteiger partial charge in [0.15, 0.2) is 0 Å². The number of ether oxygens (including phenoxy) is 1. The van der Waals surface area contributed by atoms with Crippen LogP contribution in [-0.4, -0.2) is 55.1 Å². The number of non-ortho nitro benzene ring substituents is 1. The molecule has 0 atom stereocenters. The minimum absolute atomic E-state index is 0.139. The van der Waals surface area contributed by atoms with Crippen LogP contribution in [0, 0.1) is 10.1 Å². The van der Waals surface area contributed by atoms with Gasteiger partial charge in [0.1, 0.15) is 0 Å². The second kappa shape index (κ2) is 7.71. The Kier molecular flexibility index (Phi) is 5.68. The molecule has 0 aliphatic carbocycles. The average molecular weight is 308 g/mol. The summed E-state index contributed by atoms with van der Waals surface area (Å²) in [5.74, 6) is -0.681. The second-order valence-corrected chi connectivity index (χ2v) is 5.09. The summed E-state index contributed by atoms with van der Waals surface area (Å²) in [4.78, 5) is 23.9. The van der Waals surface area contributed by atoms with Crippen molar-refractivity contribution < 1.29 is 14.5 Å². The van der Waals surface area contributed by atoms with Crippen molar-refractivity contribution in [3.05, 3.63) is 33.9 Å². The molecule has 1 heterocycles. The fourth-order valence-electron chi connectivity index (χ4n) is 2.35. The average Bonchev–Trinajstić information content (AvgIpc) is 2.52. The van der Waals surface area contributed by atoms with Gasteiger partial charge in [0.05, 0.1) is 23.7 Å². The first-order valence-electron chi connectivity index (χ1n) is 7.20. The van der Waals surface area contributed by atoms with E-state index in [9.17, 15) is 14.9 Å². The number of hydrogen-bond acceptors (Lipinski definition) is 6. The van der Waals surface area contributed by atoms with E-state index in [0.29, 0.717) is 12.2 Å². The molecule has 1 aromatic carbocycles. The molecule has 0 saturated carbocycles. The molecule has 0 bridgehead atoms. The molecule has 0 unspecified atom stereocenters. The topological polar surface area (TPSA) is 111 Å². The number of morpholine rings is 1. The summed E-state index contributed by atoms with van der Waals surface area (Å²) >= 11 is 0. The lowest BCUT2D eigenvalue weighted by atomic mass is 10.1. The number of nitro groups is 1. The van der Waals surface area contributed by atoms with Crippen molar-refractivity contribution in [1.82, 2.24) is 4.90 Å². The van der Waals surface area contributed by atoms with Crippen molar-refractivity contribution in [3.63, 3.8) is 0 Å². The molecule has 3 N–H and O–H groups in total. The summed E-state index contributed by atoms with van der Waals surface area (Å²) < 4.78 is 5.28. The highest BCUT2D eigenvalue weighted by Crippen LogP contribution is 2.21. The van der Waals surface area contributed by atoms with Crippen molar-refractivity contribution in [1.29, 1.82) is 0 Å². The number of carbonyl (C=O) groups excluding carboxylic acids is 1. The van der Waals surface area contributed by atoms with Gasteiger partial charge in [-0.2, -0.15) is 0 Å². The molecule has 2 rings (SSSR count). The van der Waals surface area contributed by atoms with E-state index in [4.69, 9.17) is 10.5 Å². The highest BCUT2D eigenvalue weighted by molar-refractivity contribution is 5.99. The van der Waals surface area contributed by atoms with Gasteiger partial charge >= 0.3 is 0 Å². The normalized spacial score (nSPS) is 15.5. The number of rotatable bonds is 7. The maximum atomic E-state index is 11.4. The molecular formula is C14H20N4O4. The number of anilines is 1. The zero-order valence-corrected chi connectivity index (χ0v) is 12.3. The maximum absolute atomic E-state index is 11.4. The fraction of sp³-hybridized carbons (Fsp3) is 0.500. The predicted octanol–water partition coefficient (Wildman–Crippen LogP) is 0.828. The maximum Gasteiger partial charge on any atom is 0.270 e. The summed E-state index contributed by atoms with van der Waals surface area (Å²) in [6, 6.07) is 4.08. The molecule has 1 amide bonds. The molecule has 1 aliphatic rings. The van der Waals surface area contributed by atoms with Crippen LogP contribution in [0.4, 0.5) is 11.4 Å². The Bertz CT molecular complexity index is 544. The number of nitrogens with two attached hydrogens (primary N) is 1.